The summed E-state index contributed by atoms with van der Waals surface area (Å²) in [4.78, 5) is 31.3. The van der Waals surface area contributed by atoms with E-state index in [1.54, 1.807) is 13.2 Å². The Bertz CT molecular complexity index is 1380. The van der Waals surface area contributed by atoms with Gasteiger partial charge in [0.1, 0.15) is 11.4 Å². The Hall–Kier alpha value is -2.93. The number of carbonyl (C=O) groups excluding carboxylic acids is 1. The molecule has 1 aliphatic carbocycles. The summed E-state index contributed by atoms with van der Waals surface area (Å²) in [6.45, 7) is 8.55. The van der Waals surface area contributed by atoms with Crippen molar-refractivity contribution in [2.75, 3.05) is 26.7 Å². The number of ether oxygens (including phenoxy) is 1. The molecule has 2 fully saturated rings. The molecule has 0 bridgehead atoms. The van der Waals surface area contributed by atoms with Crippen molar-refractivity contribution in [3.05, 3.63) is 63.2 Å². The SMILES string of the molecule is COc1cc(C)[nH]c(=O)c1CCC(=O)c1c(C)n([C@H](C)C2CCN(CC3(F)CCC3)CC2)c2ccccc12. The van der Waals surface area contributed by atoms with Gasteiger partial charge < -0.3 is 19.2 Å². The van der Waals surface area contributed by atoms with Gasteiger partial charge in [-0.1, -0.05) is 18.2 Å². The number of para-hydroxylation sites is 1. The number of piperidine rings is 1. The maximum atomic E-state index is 14.7. The molecule has 3 aromatic rings. The second-order valence-corrected chi connectivity index (χ2v) is 11.5. The molecule has 1 aromatic carbocycles. The van der Waals surface area contributed by atoms with E-state index in [4.69, 9.17) is 4.74 Å². The molecule has 2 aliphatic rings. The summed E-state index contributed by atoms with van der Waals surface area (Å²) in [5.74, 6) is 1.03. The molecule has 204 valence electrons. The smallest absolute Gasteiger partial charge is 0.255 e. The largest absolute Gasteiger partial charge is 0.496 e. The second-order valence-electron chi connectivity index (χ2n) is 11.5. The lowest BCUT2D eigenvalue weighted by Crippen LogP contribution is -2.47. The number of Topliss-reactive ketones (excluding diaryl/α,β-unsaturated/α-hetero) is 1. The predicted molar refractivity (Wildman–Crippen MR) is 149 cm³/mol. The van der Waals surface area contributed by atoms with Gasteiger partial charge in [-0.3, -0.25) is 9.59 Å². The zero-order valence-corrected chi connectivity index (χ0v) is 23.1. The van der Waals surface area contributed by atoms with Crippen molar-refractivity contribution in [2.24, 2.45) is 5.92 Å². The first-order chi connectivity index (χ1) is 18.2. The molecule has 38 heavy (non-hydrogen) atoms. The van der Waals surface area contributed by atoms with E-state index in [0.717, 1.165) is 60.2 Å². The molecule has 0 spiro atoms. The number of carbonyl (C=O) groups is 1. The Balaban J connectivity index is 1.35. The van der Waals surface area contributed by atoms with Crippen LogP contribution >= 0.6 is 0 Å². The lowest BCUT2D eigenvalue weighted by Gasteiger charge is -2.42. The monoisotopic (exact) mass is 521 g/mol. The number of hydrogen-bond acceptors (Lipinski definition) is 4. The van der Waals surface area contributed by atoms with Gasteiger partial charge in [0.2, 0.25) is 0 Å². The number of H-pyrrole nitrogens is 1. The summed E-state index contributed by atoms with van der Waals surface area (Å²) < 4.78 is 22.4. The van der Waals surface area contributed by atoms with Crippen LogP contribution in [0.2, 0.25) is 0 Å². The summed E-state index contributed by atoms with van der Waals surface area (Å²) >= 11 is 0. The molecule has 1 saturated carbocycles. The number of aromatic amines is 1. The Morgan fingerprint density at radius 1 is 1.21 bits per heavy atom. The van der Waals surface area contributed by atoms with Gasteiger partial charge in [-0.2, -0.15) is 0 Å². The van der Waals surface area contributed by atoms with Crippen molar-refractivity contribution >= 4 is 16.7 Å². The zero-order valence-electron chi connectivity index (χ0n) is 23.1. The molecule has 1 N–H and O–H groups in total. The predicted octanol–water partition coefficient (Wildman–Crippen LogP) is 5.94. The maximum absolute atomic E-state index is 14.7. The Kier molecular flexibility index (Phi) is 7.49. The van der Waals surface area contributed by atoms with Crippen LogP contribution < -0.4 is 10.3 Å². The van der Waals surface area contributed by atoms with Crippen LogP contribution in [-0.2, 0) is 6.42 Å². The number of methoxy groups -OCH3 is 1. The first kappa shape index (κ1) is 26.7. The fourth-order valence-corrected chi connectivity index (χ4v) is 6.66. The summed E-state index contributed by atoms with van der Waals surface area (Å²) in [5, 5.41) is 0.966. The van der Waals surface area contributed by atoms with Gasteiger partial charge in [0.25, 0.3) is 5.56 Å². The van der Waals surface area contributed by atoms with E-state index < -0.39 is 5.67 Å². The van der Waals surface area contributed by atoms with Crippen molar-refractivity contribution in [1.82, 2.24) is 14.5 Å². The lowest BCUT2D eigenvalue weighted by atomic mass is 9.81. The first-order valence-corrected chi connectivity index (χ1v) is 14.0. The van der Waals surface area contributed by atoms with Crippen molar-refractivity contribution in [3.63, 3.8) is 0 Å². The van der Waals surface area contributed by atoms with Crippen molar-refractivity contribution in [1.29, 1.82) is 0 Å². The number of aromatic nitrogens is 2. The number of hydrogen-bond donors (Lipinski definition) is 1. The summed E-state index contributed by atoms with van der Waals surface area (Å²) in [7, 11) is 1.55. The van der Waals surface area contributed by atoms with Crippen LogP contribution in [0.3, 0.4) is 0 Å². The van der Waals surface area contributed by atoms with Crippen molar-refractivity contribution in [3.8, 4) is 5.75 Å². The van der Waals surface area contributed by atoms with Crippen molar-refractivity contribution in [2.45, 2.75) is 77.4 Å². The first-order valence-electron chi connectivity index (χ1n) is 14.0. The van der Waals surface area contributed by atoms with Crippen LogP contribution in [0.1, 0.15) is 78.8 Å². The van der Waals surface area contributed by atoms with E-state index in [0.29, 0.717) is 43.0 Å². The fraction of sp³-hybridized carbons (Fsp3) is 0.548. The van der Waals surface area contributed by atoms with Gasteiger partial charge in [0.15, 0.2) is 5.78 Å². The highest BCUT2D eigenvalue weighted by Crippen LogP contribution is 2.39. The van der Waals surface area contributed by atoms with E-state index in [1.165, 1.54) is 0 Å². The molecule has 0 unspecified atom stereocenters. The van der Waals surface area contributed by atoms with Crippen LogP contribution in [0.5, 0.6) is 5.75 Å². The summed E-state index contributed by atoms with van der Waals surface area (Å²) in [6.07, 6.45) is 5.04. The Morgan fingerprint density at radius 2 is 1.92 bits per heavy atom. The van der Waals surface area contributed by atoms with Crippen LogP contribution in [0, 0.1) is 19.8 Å². The minimum atomic E-state index is -0.964. The molecule has 2 aromatic heterocycles. The number of pyridine rings is 1. The molecule has 0 radical (unpaired) electrons. The number of benzene rings is 1. The van der Waals surface area contributed by atoms with Gasteiger partial charge >= 0.3 is 0 Å². The third-order valence-electron chi connectivity index (χ3n) is 8.97. The molecule has 3 heterocycles. The standard InChI is InChI=1S/C31H40FN3O3/c1-20-18-28(38-4)25(30(37)33-20)10-11-27(36)29-22(3)35(26-9-6-5-8-24(26)29)21(2)23-12-16-34(17-13-23)19-31(32)14-7-15-31/h5-6,8-9,18,21,23H,7,10-17,19H2,1-4H3,(H,33,37)/t21-/m1/s1. The minimum Gasteiger partial charge on any atom is -0.496 e. The average molecular weight is 522 g/mol. The van der Waals surface area contributed by atoms with Gasteiger partial charge in [0, 0.05) is 46.9 Å². The highest BCUT2D eigenvalue weighted by Gasteiger charge is 2.39. The Morgan fingerprint density at radius 3 is 2.58 bits per heavy atom. The molecular weight excluding hydrogens is 481 g/mol. The van der Waals surface area contributed by atoms with Crippen LogP contribution in [-0.4, -0.2) is 52.6 Å². The highest BCUT2D eigenvalue weighted by molar-refractivity contribution is 6.09. The zero-order chi connectivity index (χ0) is 27.0. The third-order valence-corrected chi connectivity index (χ3v) is 8.97. The molecule has 5 rings (SSSR count). The normalized spacial score (nSPS) is 18.9. The quantitative estimate of drug-likeness (QED) is 0.354. The number of rotatable bonds is 9. The molecule has 1 atom stereocenters. The molecule has 7 heteroatoms. The van der Waals surface area contributed by atoms with Crippen LogP contribution in [0.4, 0.5) is 4.39 Å². The number of ketones is 1. The lowest BCUT2D eigenvalue weighted by molar-refractivity contribution is 0.00744. The second kappa shape index (κ2) is 10.7. The maximum Gasteiger partial charge on any atom is 0.255 e. The average Bonchev–Trinajstić information content (AvgIpc) is 3.18. The third kappa shape index (κ3) is 5.05. The number of halogens is 1. The number of fused-ring (bicyclic) bond motifs is 1. The summed E-state index contributed by atoms with van der Waals surface area (Å²) in [6, 6.07) is 10.2. The van der Waals surface area contributed by atoms with Gasteiger partial charge in [-0.05, 0) is 90.4 Å². The van der Waals surface area contributed by atoms with Gasteiger partial charge in [-0.15, -0.1) is 0 Å². The van der Waals surface area contributed by atoms with Crippen LogP contribution in [0.25, 0.3) is 10.9 Å². The van der Waals surface area contributed by atoms with E-state index in [1.807, 2.05) is 32.0 Å². The molecule has 0 amide bonds. The molecule has 1 aliphatic heterocycles. The number of alkyl halides is 1. The van der Waals surface area contributed by atoms with Gasteiger partial charge in [0.05, 0.1) is 12.7 Å². The number of nitrogens with one attached hydrogen (secondary N) is 1. The highest BCUT2D eigenvalue weighted by atomic mass is 19.1. The topological polar surface area (TPSA) is 67.3 Å². The molecular formula is C31H40FN3O3. The van der Waals surface area contributed by atoms with E-state index >= 15 is 0 Å². The summed E-state index contributed by atoms with van der Waals surface area (Å²) in [5.41, 5.74) is 2.87. The molecule has 1 saturated heterocycles. The van der Waals surface area contributed by atoms with E-state index in [2.05, 4.69) is 27.4 Å². The Labute approximate surface area is 224 Å². The van der Waals surface area contributed by atoms with Crippen molar-refractivity contribution < 1.29 is 13.9 Å². The van der Waals surface area contributed by atoms with E-state index in [9.17, 15) is 14.0 Å². The number of likely N-dealkylation sites (tertiary alicyclic amines) is 1. The van der Waals surface area contributed by atoms with E-state index in [-0.39, 0.29) is 23.8 Å². The van der Waals surface area contributed by atoms with Gasteiger partial charge in [-0.25, -0.2) is 4.39 Å². The number of aryl methyl sites for hydroxylation is 1. The number of nitrogens with zero attached hydrogens (tertiary/aromatic N) is 2. The molecule has 6 nitrogen and oxygen atoms in total. The minimum absolute atomic E-state index is 0.0373. The fourth-order valence-electron chi connectivity index (χ4n) is 6.66. The van der Waals surface area contributed by atoms with Crippen LogP contribution in [0.15, 0.2) is 35.1 Å².